The Kier molecular flexibility index (Phi) is 4.75. The van der Waals surface area contributed by atoms with Gasteiger partial charge in [0.15, 0.2) is 0 Å². The topological polar surface area (TPSA) is 52.0 Å². The van der Waals surface area contributed by atoms with E-state index in [2.05, 4.69) is 28.2 Å². The smallest absolute Gasteiger partial charge is 0.130 e. The molecule has 1 saturated heterocycles. The molecule has 1 aliphatic heterocycles. The van der Waals surface area contributed by atoms with Gasteiger partial charge in [0.1, 0.15) is 5.82 Å². The number of aromatic nitrogens is 1. The van der Waals surface area contributed by atoms with E-state index in [1.165, 1.54) is 19.3 Å². The van der Waals surface area contributed by atoms with Crippen molar-refractivity contribution < 1.29 is 0 Å². The second kappa shape index (κ2) is 6.53. The third-order valence-corrected chi connectivity index (χ3v) is 3.63. The Morgan fingerprint density at radius 3 is 2.95 bits per heavy atom. The van der Waals surface area contributed by atoms with Crippen LogP contribution in [0.25, 0.3) is 0 Å². The number of likely N-dealkylation sites (N-methyl/N-ethyl adjacent to an activating group) is 1. The Balaban J connectivity index is 2.12. The van der Waals surface area contributed by atoms with Gasteiger partial charge < -0.3 is 10.2 Å². The average Bonchev–Trinajstić information content (AvgIpc) is 2.45. The maximum Gasteiger partial charge on any atom is 0.130 e. The normalized spacial score (nSPS) is 18.9. The summed E-state index contributed by atoms with van der Waals surface area (Å²) in [6.07, 6.45) is 3.82. The summed E-state index contributed by atoms with van der Waals surface area (Å²) in [5, 5.41) is 12.6. The zero-order valence-electron chi connectivity index (χ0n) is 11.8. The minimum atomic E-state index is 0.543. The number of nitrogens with one attached hydrogen (secondary N) is 1. The zero-order valence-corrected chi connectivity index (χ0v) is 11.8. The minimum absolute atomic E-state index is 0.543. The molecule has 0 radical (unpaired) electrons. The first-order valence-electron chi connectivity index (χ1n) is 7.10. The Hall–Kier alpha value is -1.60. The second-order valence-corrected chi connectivity index (χ2v) is 5.15. The Morgan fingerprint density at radius 2 is 2.32 bits per heavy atom. The molecule has 0 amide bonds. The van der Waals surface area contributed by atoms with Crippen LogP contribution in [-0.4, -0.2) is 30.7 Å². The van der Waals surface area contributed by atoms with Gasteiger partial charge in [0.2, 0.25) is 0 Å². The van der Waals surface area contributed by atoms with Gasteiger partial charge in [0.05, 0.1) is 11.6 Å². The number of rotatable bonds is 4. The predicted molar refractivity (Wildman–Crippen MR) is 77.2 cm³/mol. The van der Waals surface area contributed by atoms with E-state index in [1.54, 1.807) is 0 Å². The maximum absolute atomic E-state index is 9.05. The Bertz CT molecular complexity index is 458. The van der Waals surface area contributed by atoms with E-state index in [0.29, 0.717) is 11.6 Å². The third kappa shape index (κ3) is 3.68. The van der Waals surface area contributed by atoms with Gasteiger partial charge in [-0.05, 0) is 45.4 Å². The van der Waals surface area contributed by atoms with Crippen molar-refractivity contribution in [1.82, 2.24) is 10.3 Å². The van der Waals surface area contributed by atoms with Gasteiger partial charge in [-0.2, -0.15) is 5.26 Å². The van der Waals surface area contributed by atoms with Crippen LogP contribution in [0.5, 0.6) is 0 Å². The SMILES string of the molecule is CCN(CC1CCCCN1)c1cc(C#N)cc(C)n1. The Morgan fingerprint density at radius 1 is 1.47 bits per heavy atom. The minimum Gasteiger partial charge on any atom is -0.355 e. The van der Waals surface area contributed by atoms with Crippen molar-refractivity contribution in [3.63, 3.8) is 0 Å². The van der Waals surface area contributed by atoms with Gasteiger partial charge in [-0.1, -0.05) is 6.42 Å². The highest BCUT2D eigenvalue weighted by Gasteiger charge is 2.17. The fraction of sp³-hybridized carbons (Fsp3) is 0.600. The lowest BCUT2D eigenvalue weighted by Crippen LogP contribution is -2.44. The lowest BCUT2D eigenvalue weighted by atomic mass is 10.0. The van der Waals surface area contributed by atoms with Crippen LogP contribution in [0.4, 0.5) is 5.82 Å². The largest absolute Gasteiger partial charge is 0.355 e. The fourth-order valence-corrected chi connectivity index (χ4v) is 2.61. The molecule has 1 N–H and O–H groups in total. The molecule has 2 rings (SSSR count). The second-order valence-electron chi connectivity index (χ2n) is 5.15. The molecule has 0 aliphatic carbocycles. The highest BCUT2D eigenvalue weighted by molar-refractivity contribution is 5.46. The van der Waals surface area contributed by atoms with Crippen molar-refractivity contribution in [3.8, 4) is 6.07 Å². The molecule has 0 spiro atoms. The van der Waals surface area contributed by atoms with Crippen molar-refractivity contribution in [1.29, 1.82) is 5.26 Å². The molecule has 1 unspecified atom stereocenters. The van der Waals surface area contributed by atoms with Crippen LogP contribution < -0.4 is 10.2 Å². The molecule has 1 atom stereocenters. The average molecular weight is 258 g/mol. The summed E-state index contributed by atoms with van der Waals surface area (Å²) in [6.45, 7) is 7.08. The first-order valence-corrected chi connectivity index (χ1v) is 7.10. The van der Waals surface area contributed by atoms with Gasteiger partial charge in [-0.15, -0.1) is 0 Å². The van der Waals surface area contributed by atoms with Crippen LogP contribution >= 0.6 is 0 Å². The number of aryl methyl sites for hydroxylation is 1. The van der Waals surface area contributed by atoms with Crippen molar-refractivity contribution in [2.75, 3.05) is 24.5 Å². The van der Waals surface area contributed by atoms with Crippen molar-refractivity contribution in [2.45, 2.75) is 39.2 Å². The molecule has 0 bridgehead atoms. The molecule has 102 valence electrons. The monoisotopic (exact) mass is 258 g/mol. The predicted octanol–water partition coefficient (Wildman–Crippen LogP) is 2.23. The molecular formula is C15H22N4. The van der Waals surface area contributed by atoms with E-state index >= 15 is 0 Å². The fourth-order valence-electron chi connectivity index (χ4n) is 2.61. The molecule has 4 nitrogen and oxygen atoms in total. The van der Waals surface area contributed by atoms with Crippen LogP contribution in [0, 0.1) is 18.3 Å². The molecule has 19 heavy (non-hydrogen) atoms. The van der Waals surface area contributed by atoms with Gasteiger partial charge >= 0.3 is 0 Å². The highest BCUT2D eigenvalue weighted by atomic mass is 15.2. The van der Waals surface area contributed by atoms with E-state index in [4.69, 9.17) is 5.26 Å². The van der Waals surface area contributed by atoms with E-state index in [0.717, 1.165) is 31.1 Å². The summed E-state index contributed by atoms with van der Waals surface area (Å²) in [6, 6.07) is 6.47. The summed E-state index contributed by atoms with van der Waals surface area (Å²) in [7, 11) is 0. The third-order valence-electron chi connectivity index (χ3n) is 3.63. The van der Waals surface area contributed by atoms with Gasteiger partial charge in [0.25, 0.3) is 0 Å². The lowest BCUT2D eigenvalue weighted by Gasteiger charge is -2.30. The number of piperidine rings is 1. The number of nitrogens with zero attached hydrogens (tertiary/aromatic N) is 3. The van der Waals surface area contributed by atoms with Crippen LogP contribution in [0.15, 0.2) is 12.1 Å². The summed E-state index contributed by atoms with van der Waals surface area (Å²) in [5.74, 6) is 0.923. The molecule has 0 aromatic carbocycles. The van der Waals surface area contributed by atoms with Crippen LogP contribution in [-0.2, 0) is 0 Å². The van der Waals surface area contributed by atoms with Crippen LogP contribution in [0.2, 0.25) is 0 Å². The van der Waals surface area contributed by atoms with Crippen LogP contribution in [0.1, 0.15) is 37.4 Å². The van der Waals surface area contributed by atoms with Crippen molar-refractivity contribution in [3.05, 3.63) is 23.4 Å². The summed E-state index contributed by atoms with van der Waals surface area (Å²) in [5.41, 5.74) is 1.60. The first-order chi connectivity index (χ1) is 9.22. The van der Waals surface area contributed by atoms with Crippen molar-refractivity contribution >= 4 is 5.82 Å². The zero-order chi connectivity index (χ0) is 13.7. The van der Waals surface area contributed by atoms with E-state index in [-0.39, 0.29) is 0 Å². The summed E-state index contributed by atoms with van der Waals surface area (Å²) >= 11 is 0. The highest BCUT2D eigenvalue weighted by Crippen LogP contribution is 2.17. The molecule has 1 aromatic heterocycles. The molecular weight excluding hydrogens is 236 g/mol. The number of hydrogen-bond acceptors (Lipinski definition) is 4. The Labute approximate surface area is 115 Å². The summed E-state index contributed by atoms with van der Waals surface area (Å²) < 4.78 is 0. The molecule has 4 heteroatoms. The van der Waals surface area contributed by atoms with E-state index < -0.39 is 0 Å². The molecule has 1 aliphatic rings. The lowest BCUT2D eigenvalue weighted by molar-refractivity contribution is 0.399. The number of hydrogen-bond donors (Lipinski definition) is 1. The van der Waals surface area contributed by atoms with E-state index in [9.17, 15) is 0 Å². The number of nitriles is 1. The standard InChI is InChI=1S/C15H22N4/c1-3-19(11-14-6-4-5-7-17-14)15-9-13(10-16)8-12(2)18-15/h8-9,14,17H,3-7,11H2,1-2H3. The molecule has 1 fully saturated rings. The van der Waals surface area contributed by atoms with E-state index in [1.807, 2.05) is 19.1 Å². The summed E-state index contributed by atoms with van der Waals surface area (Å²) in [4.78, 5) is 6.83. The van der Waals surface area contributed by atoms with Gasteiger partial charge in [0, 0.05) is 24.8 Å². The van der Waals surface area contributed by atoms with Gasteiger partial charge in [-0.3, -0.25) is 0 Å². The van der Waals surface area contributed by atoms with Crippen molar-refractivity contribution in [2.24, 2.45) is 0 Å². The quantitative estimate of drug-likeness (QED) is 0.900. The molecule has 1 aromatic rings. The number of pyridine rings is 1. The van der Waals surface area contributed by atoms with Gasteiger partial charge in [-0.25, -0.2) is 4.98 Å². The maximum atomic E-state index is 9.05. The molecule has 0 saturated carbocycles. The van der Waals surface area contributed by atoms with Crippen LogP contribution in [0.3, 0.4) is 0 Å². The molecule has 2 heterocycles. The number of anilines is 1. The first kappa shape index (κ1) is 13.8.